The first-order chi connectivity index (χ1) is 8.63. The van der Waals surface area contributed by atoms with Crippen molar-refractivity contribution in [3.8, 4) is 0 Å². The Balaban J connectivity index is 2.05. The average molecular weight is 251 g/mol. The van der Waals surface area contributed by atoms with Crippen LogP contribution < -0.4 is 5.32 Å². The van der Waals surface area contributed by atoms with E-state index >= 15 is 0 Å². The van der Waals surface area contributed by atoms with Crippen LogP contribution in [0.25, 0.3) is 0 Å². The molecule has 1 N–H and O–H groups in total. The summed E-state index contributed by atoms with van der Waals surface area (Å²) in [5.41, 5.74) is 0.491. The van der Waals surface area contributed by atoms with E-state index < -0.39 is 0 Å². The predicted molar refractivity (Wildman–Crippen MR) is 71.2 cm³/mol. The highest BCUT2D eigenvalue weighted by atomic mass is 19.1. The molecule has 0 saturated carbocycles. The lowest BCUT2D eigenvalue weighted by Gasteiger charge is -2.39. The van der Waals surface area contributed by atoms with Crippen LogP contribution in [0.5, 0.6) is 0 Å². The minimum absolute atomic E-state index is 0.132. The summed E-state index contributed by atoms with van der Waals surface area (Å²) < 4.78 is 19.6. The van der Waals surface area contributed by atoms with Gasteiger partial charge in [-0.3, -0.25) is 0 Å². The lowest BCUT2D eigenvalue weighted by atomic mass is 9.86. The van der Waals surface area contributed by atoms with Gasteiger partial charge in [0.25, 0.3) is 0 Å². The molecular formula is C15H22FNO. The van der Waals surface area contributed by atoms with Crippen LogP contribution in [-0.4, -0.2) is 24.8 Å². The molecule has 1 heterocycles. The van der Waals surface area contributed by atoms with E-state index in [2.05, 4.69) is 19.2 Å². The molecule has 18 heavy (non-hydrogen) atoms. The molecule has 2 unspecified atom stereocenters. The van der Waals surface area contributed by atoms with Crippen LogP contribution in [0, 0.1) is 5.82 Å². The summed E-state index contributed by atoms with van der Waals surface area (Å²) in [6.07, 6.45) is 2.62. The molecular weight excluding hydrogens is 229 g/mol. The van der Waals surface area contributed by atoms with Gasteiger partial charge in [-0.25, -0.2) is 4.39 Å². The van der Waals surface area contributed by atoms with Gasteiger partial charge < -0.3 is 10.1 Å². The zero-order valence-electron chi connectivity index (χ0n) is 11.2. The number of hydrogen-bond donors (Lipinski definition) is 1. The Labute approximate surface area is 109 Å². The molecule has 1 aromatic rings. The molecule has 0 radical (unpaired) electrons. The van der Waals surface area contributed by atoms with Crippen molar-refractivity contribution in [3.05, 3.63) is 35.6 Å². The fourth-order valence-corrected chi connectivity index (χ4v) is 2.76. The predicted octanol–water partition coefficient (Wildman–Crippen LogP) is 2.92. The van der Waals surface area contributed by atoms with Crippen molar-refractivity contribution in [1.82, 2.24) is 5.32 Å². The zero-order valence-corrected chi connectivity index (χ0v) is 11.2. The Hall–Kier alpha value is -0.930. The highest BCUT2D eigenvalue weighted by molar-refractivity contribution is 5.19. The molecule has 1 aromatic carbocycles. The topological polar surface area (TPSA) is 21.3 Å². The van der Waals surface area contributed by atoms with Gasteiger partial charge in [0.1, 0.15) is 5.82 Å². The van der Waals surface area contributed by atoms with E-state index in [1.807, 2.05) is 12.1 Å². The molecule has 0 bridgehead atoms. The molecule has 2 rings (SSSR count). The van der Waals surface area contributed by atoms with Crippen LogP contribution in [-0.2, 0) is 11.2 Å². The van der Waals surface area contributed by atoms with Crippen LogP contribution in [0.3, 0.4) is 0 Å². The number of hydrogen-bond acceptors (Lipinski definition) is 2. The molecule has 1 aliphatic rings. The summed E-state index contributed by atoms with van der Waals surface area (Å²) in [4.78, 5) is 0. The molecule has 1 saturated heterocycles. The molecule has 1 fully saturated rings. The number of halogens is 1. The highest BCUT2D eigenvalue weighted by Gasteiger charge is 2.33. The van der Waals surface area contributed by atoms with E-state index in [4.69, 9.17) is 4.74 Å². The number of nitrogens with one attached hydrogen (secondary N) is 1. The first-order valence-electron chi connectivity index (χ1n) is 6.74. The second-order valence-corrected chi connectivity index (χ2v) is 5.31. The van der Waals surface area contributed by atoms with E-state index in [1.165, 1.54) is 6.07 Å². The molecule has 0 amide bonds. The Morgan fingerprint density at radius 2 is 2.22 bits per heavy atom. The van der Waals surface area contributed by atoms with E-state index in [0.29, 0.717) is 12.5 Å². The third-order valence-corrected chi connectivity index (χ3v) is 3.61. The molecule has 100 valence electrons. The maximum absolute atomic E-state index is 13.7. The van der Waals surface area contributed by atoms with Crippen molar-refractivity contribution in [1.29, 1.82) is 0 Å². The fourth-order valence-electron chi connectivity index (χ4n) is 2.76. The monoisotopic (exact) mass is 251 g/mol. The average Bonchev–Trinajstić information content (AvgIpc) is 2.32. The molecule has 3 heteroatoms. The lowest BCUT2D eigenvalue weighted by molar-refractivity contribution is -0.0754. The van der Waals surface area contributed by atoms with Gasteiger partial charge in [0, 0.05) is 19.1 Å². The Morgan fingerprint density at radius 1 is 1.44 bits per heavy atom. The Kier molecular flexibility index (Phi) is 4.36. The Bertz CT molecular complexity index is 394. The molecule has 1 aliphatic heterocycles. The Morgan fingerprint density at radius 3 is 2.94 bits per heavy atom. The molecule has 2 nitrogen and oxygen atoms in total. The first kappa shape index (κ1) is 13.5. The summed E-state index contributed by atoms with van der Waals surface area (Å²) in [6.45, 7) is 5.93. The van der Waals surface area contributed by atoms with Gasteiger partial charge in [-0.15, -0.1) is 0 Å². The number of rotatable bonds is 4. The molecule has 2 atom stereocenters. The van der Waals surface area contributed by atoms with E-state index in [1.54, 1.807) is 6.07 Å². The van der Waals surface area contributed by atoms with Crippen molar-refractivity contribution in [3.63, 3.8) is 0 Å². The van der Waals surface area contributed by atoms with Crippen molar-refractivity contribution in [2.45, 2.75) is 44.8 Å². The second-order valence-electron chi connectivity index (χ2n) is 5.31. The molecule has 0 aliphatic carbocycles. The lowest BCUT2D eigenvalue weighted by Crippen LogP contribution is -2.46. The van der Waals surface area contributed by atoms with Gasteiger partial charge in [-0.1, -0.05) is 25.1 Å². The summed E-state index contributed by atoms with van der Waals surface area (Å²) >= 11 is 0. The third-order valence-electron chi connectivity index (χ3n) is 3.61. The van der Waals surface area contributed by atoms with Crippen molar-refractivity contribution in [2.75, 3.05) is 13.2 Å². The standard InChI is InChI=1S/C15H22FNO/c1-3-17-13-8-9-18-15(2,11-13)10-12-6-4-5-7-14(12)16/h4-7,13,17H,3,8-11H2,1-2H3. The molecule has 0 spiro atoms. The normalized spacial score (nSPS) is 28.3. The minimum atomic E-state index is -0.257. The highest BCUT2D eigenvalue weighted by Crippen LogP contribution is 2.29. The molecule has 0 aromatic heterocycles. The van der Waals surface area contributed by atoms with Crippen molar-refractivity contribution in [2.24, 2.45) is 0 Å². The van der Waals surface area contributed by atoms with Gasteiger partial charge in [0.2, 0.25) is 0 Å². The van der Waals surface area contributed by atoms with Crippen LogP contribution >= 0.6 is 0 Å². The SMILES string of the molecule is CCNC1CCOC(C)(Cc2ccccc2F)C1. The summed E-state index contributed by atoms with van der Waals surface area (Å²) in [5, 5.41) is 3.47. The van der Waals surface area contributed by atoms with Crippen LogP contribution in [0.1, 0.15) is 32.3 Å². The van der Waals surface area contributed by atoms with Gasteiger partial charge in [0.05, 0.1) is 5.60 Å². The largest absolute Gasteiger partial charge is 0.375 e. The quantitative estimate of drug-likeness (QED) is 0.888. The van der Waals surface area contributed by atoms with E-state index in [-0.39, 0.29) is 11.4 Å². The summed E-state index contributed by atoms with van der Waals surface area (Å²) in [6, 6.07) is 7.46. The van der Waals surface area contributed by atoms with E-state index in [0.717, 1.165) is 31.6 Å². The van der Waals surface area contributed by atoms with Crippen molar-refractivity contribution >= 4 is 0 Å². The minimum Gasteiger partial charge on any atom is -0.375 e. The maximum atomic E-state index is 13.7. The van der Waals surface area contributed by atoms with Crippen LogP contribution in [0.2, 0.25) is 0 Å². The smallest absolute Gasteiger partial charge is 0.126 e. The van der Waals surface area contributed by atoms with Gasteiger partial charge in [-0.05, 0) is 37.9 Å². The zero-order chi connectivity index (χ0) is 13.0. The number of benzene rings is 1. The van der Waals surface area contributed by atoms with Gasteiger partial charge >= 0.3 is 0 Å². The van der Waals surface area contributed by atoms with Crippen LogP contribution in [0.4, 0.5) is 4.39 Å². The fraction of sp³-hybridized carbons (Fsp3) is 0.600. The third kappa shape index (κ3) is 3.30. The summed E-state index contributed by atoms with van der Waals surface area (Å²) in [5.74, 6) is -0.132. The summed E-state index contributed by atoms with van der Waals surface area (Å²) in [7, 11) is 0. The number of ether oxygens (including phenoxy) is 1. The van der Waals surface area contributed by atoms with Gasteiger partial charge in [-0.2, -0.15) is 0 Å². The second kappa shape index (κ2) is 5.81. The van der Waals surface area contributed by atoms with Crippen molar-refractivity contribution < 1.29 is 9.13 Å². The van der Waals surface area contributed by atoms with Gasteiger partial charge in [0.15, 0.2) is 0 Å². The first-order valence-corrected chi connectivity index (χ1v) is 6.74. The maximum Gasteiger partial charge on any atom is 0.126 e. The van der Waals surface area contributed by atoms with E-state index in [9.17, 15) is 4.39 Å². The van der Waals surface area contributed by atoms with Crippen LogP contribution in [0.15, 0.2) is 24.3 Å².